The van der Waals surface area contributed by atoms with Gasteiger partial charge < -0.3 is 9.47 Å². The number of benzene rings is 1. The molecular formula is C18H28N2O6S2. The first kappa shape index (κ1) is 22.7. The van der Waals surface area contributed by atoms with Crippen LogP contribution in [-0.2, 0) is 41.4 Å². The lowest BCUT2D eigenvalue weighted by molar-refractivity contribution is -0.100. The quantitative estimate of drug-likeness (QED) is 0.673. The number of rotatable bonds is 7. The maximum absolute atomic E-state index is 12.7. The van der Waals surface area contributed by atoms with Crippen LogP contribution < -0.4 is 4.72 Å². The Balaban J connectivity index is 2.93. The first-order valence-corrected chi connectivity index (χ1v) is 12.3. The summed E-state index contributed by atoms with van der Waals surface area (Å²) in [4.78, 5) is 0. The van der Waals surface area contributed by atoms with E-state index in [4.69, 9.17) is 9.47 Å². The average molecular weight is 433 g/mol. The number of methoxy groups -OCH3 is 2. The molecule has 158 valence electrons. The lowest BCUT2D eigenvalue weighted by Gasteiger charge is -2.24. The summed E-state index contributed by atoms with van der Waals surface area (Å²) >= 11 is 0. The van der Waals surface area contributed by atoms with Crippen LogP contribution in [0.5, 0.6) is 0 Å². The van der Waals surface area contributed by atoms with E-state index in [0.717, 1.165) is 18.1 Å². The third-order valence-corrected chi connectivity index (χ3v) is 5.92. The van der Waals surface area contributed by atoms with E-state index in [1.807, 2.05) is 20.8 Å². The molecule has 2 aromatic rings. The molecule has 0 saturated carbocycles. The Labute approximate surface area is 166 Å². The highest BCUT2D eigenvalue weighted by atomic mass is 32.2. The Morgan fingerprint density at radius 3 is 2.07 bits per heavy atom. The minimum atomic E-state index is -3.67. The highest BCUT2D eigenvalue weighted by Gasteiger charge is 2.31. The van der Waals surface area contributed by atoms with E-state index in [1.165, 1.54) is 24.3 Å². The fraction of sp³-hybridized carbons (Fsp3) is 0.556. The molecule has 0 bridgehead atoms. The summed E-state index contributed by atoms with van der Waals surface area (Å²) in [5.41, 5.74) is 1.59. The monoisotopic (exact) mass is 432 g/mol. The molecule has 0 saturated heterocycles. The molecular weight excluding hydrogens is 404 g/mol. The number of fused-ring (bicyclic) bond motifs is 1. The van der Waals surface area contributed by atoms with Crippen molar-refractivity contribution in [2.24, 2.45) is 0 Å². The normalized spacial score (nSPS) is 13.4. The fourth-order valence-corrected chi connectivity index (χ4v) is 5.12. The van der Waals surface area contributed by atoms with Gasteiger partial charge in [0.05, 0.1) is 23.7 Å². The molecule has 0 spiro atoms. The molecule has 0 aliphatic rings. The molecule has 8 nitrogen and oxygen atoms in total. The topological polar surface area (TPSA) is 104 Å². The van der Waals surface area contributed by atoms with Gasteiger partial charge in [0, 0.05) is 37.1 Å². The van der Waals surface area contributed by atoms with Crippen molar-refractivity contribution in [3.05, 3.63) is 29.5 Å². The van der Waals surface area contributed by atoms with Gasteiger partial charge >= 0.3 is 0 Å². The van der Waals surface area contributed by atoms with Crippen molar-refractivity contribution < 1.29 is 26.3 Å². The molecule has 0 atom stereocenters. The predicted molar refractivity (Wildman–Crippen MR) is 111 cm³/mol. The van der Waals surface area contributed by atoms with E-state index in [0.29, 0.717) is 28.7 Å². The Morgan fingerprint density at radius 2 is 1.64 bits per heavy atom. The summed E-state index contributed by atoms with van der Waals surface area (Å²) < 4.78 is 63.0. The number of sulfonamides is 1. The third-order valence-electron chi connectivity index (χ3n) is 4.27. The Morgan fingerprint density at radius 1 is 1.07 bits per heavy atom. The zero-order chi connectivity index (χ0) is 21.5. The second-order valence-corrected chi connectivity index (χ2v) is 11.4. The van der Waals surface area contributed by atoms with Crippen LogP contribution in [0.15, 0.2) is 18.2 Å². The number of anilines is 1. The molecule has 10 heteroatoms. The van der Waals surface area contributed by atoms with Crippen molar-refractivity contribution in [2.45, 2.75) is 38.9 Å². The number of hydrogen-bond acceptors (Lipinski definition) is 6. The van der Waals surface area contributed by atoms with Crippen LogP contribution in [0.1, 0.15) is 32.0 Å². The number of hydrogen-bond donors (Lipinski definition) is 1. The number of ether oxygens (including phenoxy) is 2. The van der Waals surface area contributed by atoms with Gasteiger partial charge in [-0.2, -0.15) is 0 Å². The zero-order valence-corrected chi connectivity index (χ0v) is 18.9. The van der Waals surface area contributed by atoms with Crippen molar-refractivity contribution in [1.82, 2.24) is 3.97 Å². The lowest BCUT2D eigenvalue weighted by atomic mass is 9.88. The van der Waals surface area contributed by atoms with Gasteiger partial charge in [-0.3, -0.25) is 4.72 Å². The van der Waals surface area contributed by atoms with Gasteiger partial charge in [0.2, 0.25) is 20.0 Å². The molecule has 0 radical (unpaired) electrons. The summed E-state index contributed by atoms with van der Waals surface area (Å²) in [6.07, 6.45) is 1.97. The maximum Gasteiger partial charge on any atom is 0.236 e. The Hall–Kier alpha value is -1.62. The van der Waals surface area contributed by atoms with E-state index in [2.05, 4.69) is 4.72 Å². The highest BCUT2D eigenvalue weighted by Crippen LogP contribution is 2.37. The molecule has 0 aliphatic carbocycles. The first-order valence-electron chi connectivity index (χ1n) is 8.60. The minimum absolute atomic E-state index is 0.291. The molecule has 28 heavy (non-hydrogen) atoms. The van der Waals surface area contributed by atoms with Crippen LogP contribution in [0.3, 0.4) is 0 Å². The smallest absolute Gasteiger partial charge is 0.236 e. The van der Waals surface area contributed by atoms with Crippen molar-refractivity contribution in [1.29, 1.82) is 0 Å². The van der Waals surface area contributed by atoms with Gasteiger partial charge in [0.15, 0.2) is 6.29 Å². The molecule has 1 aromatic carbocycles. The summed E-state index contributed by atoms with van der Waals surface area (Å²) in [5.74, 6) is 0. The minimum Gasteiger partial charge on any atom is -0.356 e. The van der Waals surface area contributed by atoms with Gasteiger partial charge in [-0.05, 0) is 17.7 Å². The van der Waals surface area contributed by atoms with Gasteiger partial charge in [0.25, 0.3) is 0 Å². The van der Waals surface area contributed by atoms with Crippen LogP contribution in [0, 0.1) is 0 Å². The number of nitrogens with zero attached hydrogens (tertiary/aromatic N) is 1. The maximum atomic E-state index is 12.7. The van der Waals surface area contributed by atoms with E-state index in [1.54, 1.807) is 12.1 Å². The Bertz CT molecular complexity index is 1080. The van der Waals surface area contributed by atoms with Gasteiger partial charge in [0.1, 0.15) is 0 Å². The molecule has 0 unspecified atom stereocenters. The largest absolute Gasteiger partial charge is 0.356 e. The predicted octanol–water partition coefficient (Wildman–Crippen LogP) is 2.28. The third kappa shape index (κ3) is 4.86. The van der Waals surface area contributed by atoms with Crippen molar-refractivity contribution in [3.63, 3.8) is 0 Å². The summed E-state index contributed by atoms with van der Waals surface area (Å²) in [5, 5.41) is 0.702. The lowest BCUT2D eigenvalue weighted by Crippen LogP contribution is -2.25. The molecule has 0 amide bonds. The van der Waals surface area contributed by atoms with Crippen molar-refractivity contribution in [2.75, 3.05) is 31.5 Å². The summed E-state index contributed by atoms with van der Waals surface area (Å²) in [6.45, 7) is 5.78. The van der Waals surface area contributed by atoms with E-state index >= 15 is 0 Å². The number of aromatic nitrogens is 1. The summed E-state index contributed by atoms with van der Waals surface area (Å²) in [6, 6.07) is 4.86. The average Bonchev–Trinajstić information content (AvgIpc) is 2.84. The molecule has 1 heterocycles. The second kappa shape index (κ2) is 7.66. The van der Waals surface area contributed by atoms with Crippen LogP contribution >= 0.6 is 0 Å². The van der Waals surface area contributed by atoms with E-state index in [9.17, 15) is 16.8 Å². The number of nitrogens with one attached hydrogen (secondary N) is 1. The molecule has 1 aromatic heterocycles. The van der Waals surface area contributed by atoms with Gasteiger partial charge in [-0.15, -0.1) is 0 Å². The fourth-order valence-electron chi connectivity index (χ4n) is 3.34. The van der Waals surface area contributed by atoms with Crippen LogP contribution in [-0.4, -0.2) is 53.8 Å². The Kier molecular flexibility index (Phi) is 6.20. The molecule has 0 fully saturated rings. The van der Waals surface area contributed by atoms with Gasteiger partial charge in [-0.25, -0.2) is 20.8 Å². The van der Waals surface area contributed by atoms with Crippen LogP contribution in [0.2, 0.25) is 0 Å². The zero-order valence-electron chi connectivity index (χ0n) is 17.2. The van der Waals surface area contributed by atoms with Crippen LogP contribution in [0.4, 0.5) is 5.69 Å². The molecule has 0 aliphatic heterocycles. The van der Waals surface area contributed by atoms with Crippen molar-refractivity contribution >= 4 is 36.6 Å². The van der Waals surface area contributed by atoms with E-state index in [-0.39, 0.29) is 0 Å². The highest BCUT2D eigenvalue weighted by molar-refractivity contribution is 7.92. The van der Waals surface area contributed by atoms with Gasteiger partial charge in [-0.1, -0.05) is 26.8 Å². The van der Waals surface area contributed by atoms with Crippen LogP contribution in [0.25, 0.3) is 10.9 Å². The first-order chi connectivity index (χ1) is 12.7. The molecule has 2 rings (SSSR count). The molecule has 1 N–H and O–H groups in total. The standard InChI is InChI=1S/C18H28N2O6S2/c1-18(2,3)17-14(11-16(25-4)26-5)13-9-8-12(19-27(6,21)22)10-15(13)20(17)28(7,23)24/h8-10,16,19H,11H2,1-7H3. The SMILES string of the molecule is COC(Cc1c(C(C)(C)C)n(S(C)(=O)=O)c2cc(NS(C)(=O)=O)ccc12)OC. The second-order valence-electron chi connectivity index (χ2n) is 7.82. The van der Waals surface area contributed by atoms with E-state index < -0.39 is 31.8 Å². The summed E-state index contributed by atoms with van der Waals surface area (Å²) in [7, 11) is -4.13. The van der Waals surface area contributed by atoms with Crippen molar-refractivity contribution in [3.8, 4) is 0 Å².